The molecule has 17 heteroatoms. The van der Waals surface area contributed by atoms with Gasteiger partial charge in [-0.3, -0.25) is 9.59 Å². The molecule has 4 aliphatic heterocycles. The number of ether oxygens (including phenoxy) is 5. The molecule has 4 fully saturated rings. The lowest BCUT2D eigenvalue weighted by atomic mass is 10.0. The summed E-state index contributed by atoms with van der Waals surface area (Å²) in [5.74, 6) is 2.00. The number of amides is 6. The number of carbonyl (C=O) groups excluding carboxylic acids is 4. The number of urea groups is 2. The van der Waals surface area contributed by atoms with Gasteiger partial charge in [-0.2, -0.15) is 23.5 Å². The lowest BCUT2D eigenvalue weighted by molar-refractivity contribution is -0.122. The highest BCUT2D eigenvalue weighted by atomic mass is 32.2. The number of hydrogen-bond donors (Lipinski definition) is 6. The van der Waals surface area contributed by atoms with E-state index in [4.69, 9.17) is 23.7 Å². The van der Waals surface area contributed by atoms with Crippen molar-refractivity contribution < 1.29 is 42.9 Å². The number of nitrogens with one attached hydrogen (secondary N) is 6. The number of rotatable bonds is 28. The lowest BCUT2D eigenvalue weighted by Crippen LogP contribution is -2.36. The zero-order chi connectivity index (χ0) is 34.5. The number of unbranched alkanes of at least 4 members (excludes halogenated alkanes) is 2. The molecule has 0 aromatic carbocycles. The Morgan fingerprint density at radius 1 is 0.551 bits per heavy atom. The summed E-state index contributed by atoms with van der Waals surface area (Å²) in [6.07, 6.45) is 6.65. The van der Waals surface area contributed by atoms with Crippen molar-refractivity contribution in [2.45, 2.75) is 86.0 Å². The maximum Gasteiger partial charge on any atom is 0.315 e. The minimum absolute atomic E-state index is 0.0400. The van der Waals surface area contributed by atoms with Crippen LogP contribution in [-0.2, 0) is 33.3 Å². The van der Waals surface area contributed by atoms with Crippen LogP contribution in [0.5, 0.6) is 0 Å². The van der Waals surface area contributed by atoms with Gasteiger partial charge in [-0.15, -0.1) is 0 Å². The van der Waals surface area contributed by atoms with E-state index in [9.17, 15) is 19.2 Å². The van der Waals surface area contributed by atoms with Gasteiger partial charge in [0, 0.05) is 47.9 Å². The Bertz CT molecular complexity index is 942. The number of carbonyl (C=O) groups is 4. The molecule has 15 nitrogen and oxygen atoms in total. The van der Waals surface area contributed by atoms with Crippen LogP contribution in [0.3, 0.4) is 0 Å². The fourth-order valence-electron chi connectivity index (χ4n) is 6.23. The van der Waals surface area contributed by atoms with Gasteiger partial charge < -0.3 is 55.6 Å². The molecule has 0 aromatic heterocycles. The Morgan fingerprint density at radius 2 is 0.918 bits per heavy atom. The summed E-state index contributed by atoms with van der Waals surface area (Å²) in [6, 6.07) is 0.805. The molecule has 0 unspecified atom stereocenters. The minimum atomic E-state index is -0.0622. The highest BCUT2D eigenvalue weighted by molar-refractivity contribution is 8.00. The second-order valence-corrected chi connectivity index (χ2v) is 15.0. The molecule has 0 radical (unpaired) electrons. The van der Waals surface area contributed by atoms with Crippen molar-refractivity contribution in [1.82, 2.24) is 31.9 Å². The Kier molecular flexibility index (Phi) is 19.0. The molecule has 0 bridgehead atoms. The zero-order valence-corrected chi connectivity index (χ0v) is 30.1. The summed E-state index contributed by atoms with van der Waals surface area (Å²) in [5, 5.41) is 18.6. The number of fused-ring (bicyclic) bond motifs is 2. The highest BCUT2D eigenvalue weighted by Crippen LogP contribution is 2.34. The molecule has 6 N–H and O–H groups in total. The molecule has 6 atom stereocenters. The first-order chi connectivity index (χ1) is 24.0. The summed E-state index contributed by atoms with van der Waals surface area (Å²) >= 11 is 3.80. The van der Waals surface area contributed by atoms with E-state index < -0.39 is 0 Å². The van der Waals surface area contributed by atoms with Gasteiger partial charge in [-0.1, -0.05) is 12.8 Å². The van der Waals surface area contributed by atoms with E-state index in [1.165, 1.54) is 0 Å². The van der Waals surface area contributed by atoms with Gasteiger partial charge in [0.25, 0.3) is 0 Å². The van der Waals surface area contributed by atoms with E-state index in [1.807, 2.05) is 23.5 Å². The van der Waals surface area contributed by atoms with E-state index in [0.29, 0.717) is 102 Å². The summed E-state index contributed by atoms with van der Waals surface area (Å²) in [7, 11) is 0. The van der Waals surface area contributed by atoms with E-state index in [1.54, 1.807) is 0 Å². The molecule has 280 valence electrons. The Morgan fingerprint density at radius 3 is 1.31 bits per heavy atom. The molecule has 0 aromatic rings. The zero-order valence-electron chi connectivity index (χ0n) is 28.5. The van der Waals surface area contributed by atoms with Crippen LogP contribution in [-0.4, -0.2) is 149 Å². The first-order valence-electron chi connectivity index (χ1n) is 17.8. The van der Waals surface area contributed by atoms with Crippen molar-refractivity contribution in [3.8, 4) is 0 Å². The largest absolute Gasteiger partial charge is 0.377 e. The van der Waals surface area contributed by atoms with Crippen LogP contribution in [0.25, 0.3) is 0 Å². The standard InChI is InChI=1S/C32H56N6O9S2/c39-27(7-3-1-5-25-29-23(21-48-25)35-31(41)37-29)33-9-11-43-13-15-45-17-19-47-20-18-46-16-14-44-12-10-34-28(40)8-4-2-6-26-30-24(22-49-26)36-32(42)38-30/h23-26,29-30H,1-22H2,(H,33,39)(H,34,40)(H2,35,37,41)(H2,36,38,42)/t23-,24+,25-,26-,29-,30+/m0/s1. The van der Waals surface area contributed by atoms with Gasteiger partial charge in [-0.05, 0) is 25.7 Å². The van der Waals surface area contributed by atoms with Crippen LogP contribution < -0.4 is 31.9 Å². The van der Waals surface area contributed by atoms with Crippen LogP contribution in [0.1, 0.15) is 51.4 Å². The quantitative estimate of drug-likeness (QED) is 0.0493. The van der Waals surface area contributed by atoms with Crippen molar-refractivity contribution >= 4 is 47.4 Å². The summed E-state index contributed by atoms with van der Waals surface area (Å²) in [5.41, 5.74) is 0. The maximum atomic E-state index is 12.0. The third-order valence-electron chi connectivity index (χ3n) is 8.79. The van der Waals surface area contributed by atoms with Gasteiger partial charge in [0.2, 0.25) is 11.8 Å². The normalized spacial score (nSPS) is 25.3. The molecule has 4 aliphatic rings. The van der Waals surface area contributed by atoms with Crippen LogP contribution in [0, 0.1) is 0 Å². The SMILES string of the molecule is O=C(CCCC[C@@H]1SC[C@@H]2NC(=O)N[C@@H]21)NCCOCCOCCOCCOCCOCCNC(=O)CCCC[C@@H]1SC[C@H]2NC(=O)N[C@@H]12. The smallest absolute Gasteiger partial charge is 0.315 e. The van der Waals surface area contributed by atoms with Crippen molar-refractivity contribution in [2.24, 2.45) is 0 Å². The van der Waals surface area contributed by atoms with Crippen LogP contribution in [0.15, 0.2) is 0 Å². The fourth-order valence-corrected chi connectivity index (χ4v) is 9.32. The van der Waals surface area contributed by atoms with Gasteiger partial charge in [0.05, 0.1) is 90.2 Å². The van der Waals surface area contributed by atoms with Crippen molar-refractivity contribution in [3.05, 3.63) is 0 Å². The lowest BCUT2D eigenvalue weighted by Gasteiger charge is -2.16. The van der Waals surface area contributed by atoms with Gasteiger partial charge in [0.15, 0.2) is 0 Å². The van der Waals surface area contributed by atoms with Crippen molar-refractivity contribution in [3.63, 3.8) is 0 Å². The predicted octanol–water partition coefficient (Wildman–Crippen LogP) is 0.753. The molecular weight excluding hydrogens is 677 g/mol. The van der Waals surface area contributed by atoms with Gasteiger partial charge in [0.1, 0.15) is 0 Å². The number of hydrogen-bond acceptors (Lipinski definition) is 11. The topological polar surface area (TPSA) is 187 Å². The van der Waals surface area contributed by atoms with Gasteiger partial charge in [-0.25, -0.2) is 9.59 Å². The Balaban J connectivity index is 0.794. The Hall–Kier alpha value is -2.02. The molecule has 0 aliphatic carbocycles. The van der Waals surface area contributed by atoms with E-state index >= 15 is 0 Å². The molecule has 0 saturated carbocycles. The molecular formula is C32H56N6O9S2. The van der Waals surface area contributed by atoms with Crippen LogP contribution in [0.2, 0.25) is 0 Å². The first kappa shape index (κ1) is 39.8. The second-order valence-electron chi connectivity index (χ2n) is 12.5. The molecule has 49 heavy (non-hydrogen) atoms. The summed E-state index contributed by atoms with van der Waals surface area (Å²) in [6.45, 7) is 5.56. The van der Waals surface area contributed by atoms with Gasteiger partial charge >= 0.3 is 12.1 Å². The van der Waals surface area contributed by atoms with E-state index in [-0.39, 0.29) is 48.0 Å². The Labute approximate surface area is 298 Å². The number of thioether (sulfide) groups is 2. The van der Waals surface area contributed by atoms with Crippen LogP contribution >= 0.6 is 23.5 Å². The monoisotopic (exact) mass is 732 g/mol. The molecule has 6 amide bonds. The minimum Gasteiger partial charge on any atom is -0.377 e. The molecule has 4 heterocycles. The average molecular weight is 733 g/mol. The predicted molar refractivity (Wildman–Crippen MR) is 188 cm³/mol. The first-order valence-corrected chi connectivity index (χ1v) is 19.9. The third kappa shape index (κ3) is 15.4. The maximum absolute atomic E-state index is 12.0. The third-order valence-corrected chi connectivity index (χ3v) is 11.8. The molecule has 4 saturated heterocycles. The highest BCUT2D eigenvalue weighted by Gasteiger charge is 2.43. The summed E-state index contributed by atoms with van der Waals surface area (Å²) < 4.78 is 27.5. The second kappa shape index (κ2) is 23.5. The van der Waals surface area contributed by atoms with Crippen LogP contribution in [0.4, 0.5) is 9.59 Å². The van der Waals surface area contributed by atoms with E-state index in [2.05, 4.69) is 31.9 Å². The average Bonchev–Trinajstić information content (AvgIpc) is 3.84. The summed E-state index contributed by atoms with van der Waals surface area (Å²) in [4.78, 5) is 47.0. The van der Waals surface area contributed by atoms with Crippen molar-refractivity contribution in [2.75, 3.05) is 90.7 Å². The fraction of sp³-hybridized carbons (Fsp3) is 0.875. The molecule has 0 spiro atoms. The molecule has 4 rings (SSSR count). The van der Waals surface area contributed by atoms with Crippen molar-refractivity contribution in [1.29, 1.82) is 0 Å². The van der Waals surface area contributed by atoms with E-state index in [0.717, 1.165) is 50.0 Å².